The van der Waals surface area contributed by atoms with Gasteiger partial charge in [-0.25, -0.2) is 4.79 Å². The second-order valence-corrected chi connectivity index (χ2v) is 4.67. The summed E-state index contributed by atoms with van der Waals surface area (Å²) in [5.41, 5.74) is 0.391. The summed E-state index contributed by atoms with van der Waals surface area (Å²) in [7, 11) is 0. The fourth-order valence-corrected chi connectivity index (χ4v) is 2.10. The number of benzene rings is 1. The van der Waals surface area contributed by atoms with Crippen molar-refractivity contribution in [3.63, 3.8) is 0 Å². The van der Waals surface area contributed by atoms with Crippen LogP contribution < -0.4 is 0 Å². The predicted octanol–water partition coefficient (Wildman–Crippen LogP) is 2.71. The molecule has 6 heteroatoms. The Morgan fingerprint density at radius 2 is 2.29 bits per heavy atom. The van der Waals surface area contributed by atoms with Gasteiger partial charge in [-0.1, -0.05) is 27.5 Å². The number of amides is 1. The van der Waals surface area contributed by atoms with E-state index < -0.39 is 12.0 Å². The highest BCUT2D eigenvalue weighted by atomic mass is 79.9. The second kappa shape index (κ2) is 6.02. The first-order valence-corrected chi connectivity index (χ1v) is 6.07. The van der Waals surface area contributed by atoms with Crippen LogP contribution in [0.5, 0.6) is 0 Å². The van der Waals surface area contributed by atoms with Crippen molar-refractivity contribution in [3.05, 3.63) is 33.3 Å². The summed E-state index contributed by atoms with van der Waals surface area (Å²) in [6.45, 7) is 2.00. The predicted molar refractivity (Wildman–Crippen MR) is 68.0 cm³/mol. The van der Waals surface area contributed by atoms with Gasteiger partial charge in [-0.3, -0.25) is 4.79 Å². The number of nitrogens with zero attached hydrogens (tertiary/aromatic N) is 1. The first kappa shape index (κ1) is 14.0. The van der Waals surface area contributed by atoms with Gasteiger partial charge in [0.2, 0.25) is 6.41 Å². The molecule has 1 N–H and O–H groups in total. The summed E-state index contributed by atoms with van der Waals surface area (Å²) in [5.74, 6) is -1.11. The van der Waals surface area contributed by atoms with Gasteiger partial charge in [0, 0.05) is 21.6 Å². The maximum absolute atomic E-state index is 11.2. The Kier molecular flexibility index (Phi) is 4.96. The molecule has 0 fully saturated rings. The van der Waals surface area contributed by atoms with Gasteiger partial charge >= 0.3 is 5.97 Å². The van der Waals surface area contributed by atoms with E-state index in [0.29, 0.717) is 28.0 Å². The van der Waals surface area contributed by atoms with E-state index in [-0.39, 0.29) is 0 Å². The molecule has 0 spiro atoms. The number of hydrogen-bond acceptors (Lipinski definition) is 2. The van der Waals surface area contributed by atoms with Crippen molar-refractivity contribution in [3.8, 4) is 0 Å². The maximum atomic E-state index is 11.2. The molecule has 1 amide bonds. The van der Waals surface area contributed by atoms with Crippen molar-refractivity contribution >= 4 is 39.9 Å². The Morgan fingerprint density at radius 1 is 1.65 bits per heavy atom. The molecule has 0 bridgehead atoms. The number of carbonyl (C=O) groups is 2. The maximum Gasteiger partial charge on any atom is 0.331 e. The minimum absolute atomic E-state index is 0.295. The molecule has 92 valence electrons. The monoisotopic (exact) mass is 319 g/mol. The first-order chi connectivity index (χ1) is 8.01. The van der Waals surface area contributed by atoms with E-state index in [1.165, 1.54) is 4.90 Å². The molecule has 1 rings (SSSR count). The van der Waals surface area contributed by atoms with Crippen LogP contribution in [0.1, 0.15) is 18.5 Å². The minimum atomic E-state index is -1.11. The van der Waals surface area contributed by atoms with Crippen LogP contribution in [0.3, 0.4) is 0 Å². The van der Waals surface area contributed by atoms with Crippen molar-refractivity contribution in [2.75, 3.05) is 6.54 Å². The lowest BCUT2D eigenvalue weighted by Gasteiger charge is -2.24. The van der Waals surface area contributed by atoms with Crippen LogP contribution in [0.25, 0.3) is 0 Å². The largest absolute Gasteiger partial charge is 0.479 e. The lowest BCUT2D eigenvalue weighted by atomic mass is 10.1. The van der Waals surface area contributed by atoms with Crippen LogP contribution in [0, 0.1) is 0 Å². The van der Waals surface area contributed by atoms with E-state index in [1.807, 2.05) is 0 Å². The van der Waals surface area contributed by atoms with Gasteiger partial charge in [0.1, 0.15) is 0 Å². The molecular formula is C11H11BrClNO3. The summed E-state index contributed by atoms with van der Waals surface area (Å²) in [4.78, 5) is 23.3. The van der Waals surface area contributed by atoms with Crippen LogP contribution in [0.4, 0.5) is 0 Å². The van der Waals surface area contributed by atoms with Crippen LogP contribution in [-0.4, -0.2) is 28.9 Å². The third kappa shape index (κ3) is 3.20. The molecule has 4 nitrogen and oxygen atoms in total. The van der Waals surface area contributed by atoms with Crippen LogP contribution in [-0.2, 0) is 9.59 Å². The molecule has 0 aromatic heterocycles. The first-order valence-electron chi connectivity index (χ1n) is 4.90. The molecular weight excluding hydrogens is 309 g/mol. The zero-order chi connectivity index (χ0) is 13.0. The van der Waals surface area contributed by atoms with Crippen LogP contribution in [0.15, 0.2) is 22.7 Å². The number of halogens is 2. The lowest BCUT2D eigenvalue weighted by Crippen LogP contribution is -2.33. The van der Waals surface area contributed by atoms with Gasteiger partial charge in [0.25, 0.3) is 0 Å². The van der Waals surface area contributed by atoms with Crippen molar-refractivity contribution in [2.24, 2.45) is 0 Å². The molecule has 1 aromatic rings. The SMILES string of the molecule is CCN(C=O)C(C(=O)O)c1cc(Br)ccc1Cl. The van der Waals surface area contributed by atoms with E-state index in [9.17, 15) is 14.7 Å². The molecule has 0 saturated heterocycles. The number of carboxylic acids is 1. The normalized spacial score (nSPS) is 11.9. The Labute approximate surface area is 112 Å². The Hall–Kier alpha value is -1.07. The molecule has 0 aliphatic carbocycles. The summed E-state index contributed by atoms with van der Waals surface area (Å²) < 4.78 is 0.713. The molecule has 0 saturated carbocycles. The van der Waals surface area contributed by atoms with E-state index >= 15 is 0 Å². The van der Waals surface area contributed by atoms with E-state index in [0.717, 1.165) is 0 Å². The van der Waals surface area contributed by atoms with Gasteiger partial charge < -0.3 is 10.0 Å². The smallest absolute Gasteiger partial charge is 0.331 e. The lowest BCUT2D eigenvalue weighted by molar-refractivity contribution is -0.146. The van der Waals surface area contributed by atoms with Crippen LogP contribution in [0.2, 0.25) is 5.02 Å². The number of carboxylic acid groups (broad SMARTS) is 1. The van der Waals surface area contributed by atoms with Crippen molar-refractivity contribution in [2.45, 2.75) is 13.0 Å². The number of aliphatic carboxylic acids is 1. The number of rotatable bonds is 5. The molecule has 17 heavy (non-hydrogen) atoms. The summed E-state index contributed by atoms with van der Waals surface area (Å²) in [6, 6.07) is 3.84. The van der Waals surface area contributed by atoms with Gasteiger partial charge in [-0.05, 0) is 25.1 Å². The van der Waals surface area contributed by atoms with Gasteiger partial charge in [0.15, 0.2) is 6.04 Å². The zero-order valence-electron chi connectivity index (χ0n) is 9.06. The molecule has 0 aliphatic rings. The standard InChI is InChI=1S/C11H11BrClNO3/c1-2-14(6-15)10(11(16)17)8-5-7(12)3-4-9(8)13/h3-6,10H,2H2,1H3,(H,16,17). The molecule has 0 heterocycles. The Balaban J connectivity index is 3.26. The average molecular weight is 321 g/mol. The van der Waals surface area contributed by atoms with Gasteiger partial charge in [-0.15, -0.1) is 0 Å². The fraction of sp³-hybridized carbons (Fsp3) is 0.273. The summed E-state index contributed by atoms with van der Waals surface area (Å²) >= 11 is 9.21. The van der Waals surface area contributed by atoms with E-state index in [1.54, 1.807) is 25.1 Å². The van der Waals surface area contributed by atoms with Crippen molar-refractivity contribution < 1.29 is 14.7 Å². The Morgan fingerprint density at radius 3 is 2.76 bits per heavy atom. The van der Waals surface area contributed by atoms with E-state index in [2.05, 4.69) is 15.9 Å². The highest BCUT2D eigenvalue weighted by Gasteiger charge is 2.27. The Bertz CT molecular complexity index is 439. The molecule has 0 radical (unpaired) electrons. The minimum Gasteiger partial charge on any atom is -0.479 e. The zero-order valence-corrected chi connectivity index (χ0v) is 11.4. The summed E-state index contributed by atoms with van der Waals surface area (Å²) in [5, 5.41) is 9.52. The van der Waals surface area contributed by atoms with Gasteiger partial charge in [-0.2, -0.15) is 0 Å². The van der Waals surface area contributed by atoms with Crippen LogP contribution >= 0.6 is 27.5 Å². The number of carbonyl (C=O) groups excluding carboxylic acids is 1. The second-order valence-electron chi connectivity index (χ2n) is 3.34. The molecule has 1 atom stereocenters. The third-order valence-electron chi connectivity index (χ3n) is 2.32. The highest BCUT2D eigenvalue weighted by molar-refractivity contribution is 9.10. The van der Waals surface area contributed by atoms with Crippen molar-refractivity contribution in [1.29, 1.82) is 0 Å². The quantitative estimate of drug-likeness (QED) is 0.849. The number of likely N-dealkylation sites (N-methyl/N-ethyl adjacent to an activating group) is 1. The highest BCUT2D eigenvalue weighted by Crippen LogP contribution is 2.29. The third-order valence-corrected chi connectivity index (χ3v) is 3.16. The molecule has 0 aliphatic heterocycles. The molecule has 1 unspecified atom stereocenters. The summed E-state index contributed by atoms with van der Waals surface area (Å²) in [6.07, 6.45) is 0.510. The van der Waals surface area contributed by atoms with Gasteiger partial charge in [0.05, 0.1) is 0 Å². The van der Waals surface area contributed by atoms with E-state index in [4.69, 9.17) is 11.6 Å². The number of hydrogen-bond donors (Lipinski definition) is 1. The molecule has 1 aromatic carbocycles. The van der Waals surface area contributed by atoms with Crippen molar-refractivity contribution in [1.82, 2.24) is 4.90 Å². The fourth-order valence-electron chi connectivity index (χ4n) is 1.50. The topological polar surface area (TPSA) is 57.6 Å². The average Bonchev–Trinajstić information content (AvgIpc) is 2.29.